The number of nitrogens with one attached hydrogen (secondary N) is 1. The van der Waals surface area contributed by atoms with Gasteiger partial charge in [0.2, 0.25) is 0 Å². The molecule has 0 spiro atoms. The number of aromatic nitrogens is 6. The first kappa shape index (κ1) is 22.5. The van der Waals surface area contributed by atoms with E-state index >= 15 is 4.39 Å². The molecule has 1 N–H and O–H groups in total. The third-order valence-electron chi connectivity index (χ3n) is 7.94. The van der Waals surface area contributed by atoms with Crippen molar-refractivity contribution in [1.29, 1.82) is 0 Å². The number of pyridine rings is 1. The van der Waals surface area contributed by atoms with Gasteiger partial charge in [-0.25, -0.2) is 13.9 Å². The summed E-state index contributed by atoms with van der Waals surface area (Å²) in [6.45, 7) is 2.41. The van der Waals surface area contributed by atoms with E-state index in [2.05, 4.69) is 20.1 Å². The van der Waals surface area contributed by atoms with Crippen molar-refractivity contribution in [3.05, 3.63) is 90.8 Å². The van der Waals surface area contributed by atoms with Gasteiger partial charge < -0.3 is 4.74 Å². The van der Waals surface area contributed by atoms with Crippen molar-refractivity contribution >= 4 is 16.6 Å². The van der Waals surface area contributed by atoms with Crippen LogP contribution < -0.4 is 0 Å². The van der Waals surface area contributed by atoms with Crippen LogP contribution in [0.2, 0.25) is 0 Å². The molecule has 2 saturated heterocycles. The van der Waals surface area contributed by atoms with Gasteiger partial charge >= 0.3 is 0 Å². The number of aromatic amines is 1. The zero-order valence-electron chi connectivity index (χ0n) is 21.0. The van der Waals surface area contributed by atoms with Crippen LogP contribution in [0.25, 0.3) is 50.2 Å². The van der Waals surface area contributed by atoms with Crippen LogP contribution in [0.5, 0.6) is 0 Å². The Morgan fingerprint density at radius 2 is 1.95 bits per heavy atom. The van der Waals surface area contributed by atoms with Gasteiger partial charge in [-0.05, 0) is 53.9 Å². The standard InChI is InChI=1S/C30H24FN7O/c31-25-12-18(15-37-16-21-13-20(37)17-39-21)4-5-23(25)27-8-11-33-30-28(22-2-1-3-26-24(22)14-34-35-26)29(36-38(27)30)19-6-9-32-10-7-19/h1-12,14,20-21H,13,15-17H2,(H,34,35)/t20-,21?/m1/s1. The molecule has 2 aliphatic rings. The minimum absolute atomic E-state index is 0.278. The second-order valence-electron chi connectivity index (χ2n) is 10.3. The van der Waals surface area contributed by atoms with E-state index in [1.54, 1.807) is 29.2 Å². The number of halogens is 1. The summed E-state index contributed by atoms with van der Waals surface area (Å²) in [5.74, 6) is -0.278. The lowest BCUT2D eigenvalue weighted by atomic mass is 9.99. The summed E-state index contributed by atoms with van der Waals surface area (Å²) in [6.07, 6.45) is 8.41. The molecule has 2 aromatic carbocycles. The lowest BCUT2D eigenvalue weighted by Crippen LogP contribution is -2.36. The molecule has 1 unspecified atom stereocenters. The largest absolute Gasteiger partial charge is 0.375 e. The normalized spacial score (nSPS) is 19.0. The molecule has 4 aromatic heterocycles. The van der Waals surface area contributed by atoms with Gasteiger partial charge in [-0.3, -0.25) is 15.0 Å². The van der Waals surface area contributed by atoms with Crippen molar-refractivity contribution in [1.82, 2.24) is 34.7 Å². The molecule has 6 aromatic rings. The quantitative estimate of drug-likeness (QED) is 0.342. The highest BCUT2D eigenvalue weighted by atomic mass is 19.1. The van der Waals surface area contributed by atoms with Gasteiger partial charge in [-0.2, -0.15) is 10.2 Å². The maximum absolute atomic E-state index is 15.7. The number of morpholine rings is 1. The predicted octanol–water partition coefficient (Wildman–Crippen LogP) is 5.11. The van der Waals surface area contributed by atoms with Gasteiger partial charge in [0.05, 0.1) is 35.7 Å². The Bertz CT molecular complexity index is 1850. The molecule has 0 amide bonds. The van der Waals surface area contributed by atoms with Crippen molar-refractivity contribution in [2.75, 3.05) is 13.2 Å². The first-order valence-electron chi connectivity index (χ1n) is 13.1. The minimum atomic E-state index is -0.278. The number of hydrogen-bond donors (Lipinski definition) is 1. The molecule has 0 saturated carbocycles. The Balaban J connectivity index is 1.27. The highest BCUT2D eigenvalue weighted by Gasteiger charge is 2.38. The topological polar surface area (TPSA) is 84.2 Å². The molecule has 6 heterocycles. The average molecular weight is 518 g/mol. The smallest absolute Gasteiger partial charge is 0.164 e. The summed E-state index contributed by atoms with van der Waals surface area (Å²) in [6, 6.07) is 17.6. The number of fused-ring (bicyclic) bond motifs is 4. The van der Waals surface area contributed by atoms with Gasteiger partial charge in [0.1, 0.15) is 11.5 Å². The van der Waals surface area contributed by atoms with Gasteiger partial charge in [0.15, 0.2) is 5.65 Å². The summed E-state index contributed by atoms with van der Waals surface area (Å²) < 4.78 is 23.2. The highest BCUT2D eigenvalue weighted by molar-refractivity contribution is 6.02. The second kappa shape index (κ2) is 8.79. The number of nitrogens with zero attached hydrogens (tertiary/aromatic N) is 6. The van der Waals surface area contributed by atoms with Crippen molar-refractivity contribution in [2.45, 2.75) is 25.1 Å². The Morgan fingerprint density at radius 3 is 2.77 bits per heavy atom. The first-order valence-corrected chi connectivity index (χ1v) is 13.1. The summed E-state index contributed by atoms with van der Waals surface area (Å²) >= 11 is 0. The van der Waals surface area contributed by atoms with Crippen molar-refractivity contribution in [3.63, 3.8) is 0 Å². The average Bonchev–Trinajstić information content (AvgIpc) is 3.77. The number of likely N-dealkylation sites (tertiary alicyclic amines) is 1. The molecule has 2 bridgehead atoms. The highest BCUT2D eigenvalue weighted by Crippen LogP contribution is 2.39. The number of H-pyrrole nitrogens is 1. The molecule has 39 heavy (non-hydrogen) atoms. The molecular formula is C30H24FN7O. The zero-order chi connectivity index (χ0) is 25.9. The van der Waals surface area contributed by atoms with Crippen LogP contribution in [0, 0.1) is 5.82 Å². The molecule has 2 fully saturated rings. The maximum atomic E-state index is 15.7. The molecular weight excluding hydrogens is 493 g/mol. The van der Waals surface area contributed by atoms with Gasteiger partial charge in [0, 0.05) is 54.2 Å². The van der Waals surface area contributed by atoms with Gasteiger partial charge in [-0.15, -0.1) is 0 Å². The van der Waals surface area contributed by atoms with Crippen molar-refractivity contribution < 1.29 is 9.13 Å². The molecule has 8 rings (SSSR count). The summed E-state index contributed by atoms with van der Waals surface area (Å²) in [7, 11) is 0. The molecule has 0 radical (unpaired) electrons. The first-order chi connectivity index (χ1) is 19.2. The van der Waals surface area contributed by atoms with Gasteiger partial charge in [-0.1, -0.05) is 18.2 Å². The van der Waals surface area contributed by atoms with E-state index in [1.165, 1.54) is 0 Å². The van der Waals surface area contributed by atoms with Crippen molar-refractivity contribution in [3.8, 4) is 33.6 Å². The van der Waals surface area contributed by atoms with Crippen LogP contribution in [0.1, 0.15) is 12.0 Å². The number of ether oxygens (including phenoxy) is 1. The lowest BCUT2D eigenvalue weighted by molar-refractivity contribution is 0.0273. The van der Waals surface area contributed by atoms with Crippen LogP contribution in [-0.4, -0.2) is 60.0 Å². The van der Waals surface area contributed by atoms with Crippen molar-refractivity contribution in [2.24, 2.45) is 0 Å². The third-order valence-corrected chi connectivity index (χ3v) is 7.94. The SMILES string of the molecule is Fc1cc(CN2CC3C[C@@H]2CO3)ccc1-c1ccnc2c(-c3cccc4[nH]ncc34)c(-c3ccncc3)nn12. The number of rotatable bonds is 5. The van der Waals surface area contributed by atoms with E-state index in [-0.39, 0.29) is 5.82 Å². The van der Waals surface area contributed by atoms with Crippen LogP contribution >= 0.6 is 0 Å². The summed E-state index contributed by atoms with van der Waals surface area (Å²) in [5, 5.41) is 13.3. The molecule has 8 nitrogen and oxygen atoms in total. The summed E-state index contributed by atoms with van der Waals surface area (Å²) in [5.41, 5.74) is 7.09. The fraction of sp³-hybridized carbons (Fsp3) is 0.200. The van der Waals surface area contributed by atoms with Crippen LogP contribution in [0.4, 0.5) is 4.39 Å². The Hall–Kier alpha value is -4.47. The Labute approximate surface area is 223 Å². The Morgan fingerprint density at radius 1 is 1.03 bits per heavy atom. The molecule has 192 valence electrons. The molecule has 2 aliphatic heterocycles. The molecule has 9 heteroatoms. The van der Waals surface area contributed by atoms with Crippen LogP contribution in [0.15, 0.2) is 79.4 Å². The fourth-order valence-electron chi connectivity index (χ4n) is 6.07. The van der Waals surface area contributed by atoms with E-state index in [0.717, 1.165) is 65.0 Å². The lowest BCUT2D eigenvalue weighted by Gasteiger charge is -2.26. The number of benzene rings is 2. The third kappa shape index (κ3) is 3.65. The number of hydrogen-bond acceptors (Lipinski definition) is 6. The van der Waals surface area contributed by atoms with E-state index < -0.39 is 0 Å². The van der Waals surface area contributed by atoms with Gasteiger partial charge in [0.25, 0.3) is 0 Å². The Kier molecular flexibility index (Phi) is 5.07. The van der Waals surface area contributed by atoms with E-state index in [1.807, 2.05) is 54.7 Å². The van der Waals surface area contributed by atoms with E-state index in [0.29, 0.717) is 29.1 Å². The predicted molar refractivity (Wildman–Crippen MR) is 145 cm³/mol. The van der Waals surface area contributed by atoms with E-state index in [4.69, 9.17) is 14.8 Å². The zero-order valence-corrected chi connectivity index (χ0v) is 21.0. The summed E-state index contributed by atoms with van der Waals surface area (Å²) in [4.78, 5) is 11.3. The second-order valence-corrected chi connectivity index (χ2v) is 10.3. The molecule has 0 aliphatic carbocycles. The minimum Gasteiger partial charge on any atom is -0.375 e. The monoisotopic (exact) mass is 517 g/mol. The fourth-order valence-corrected chi connectivity index (χ4v) is 6.07. The van der Waals surface area contributed by atoms with E-state index in [9.17, 15) is 0 Å². The van der Waals surface area contributed by atoms with Crippen LogP contribution in [0.3, 0.4) is 0 Å². The molecule has 2 atom stereocenters. The maximum Gasteiger partial charge on any atom is 0.164 e. The van der Waals surface area contributed by atoms with Crippen LogP contribution in [-0.2, 0) is 11.3 Å².